The topological polar surface area (TPSA) is 20.3 Å². The molecule has 0 radical (unpaired) electrons. The Labute approximate surface area is 120 Å². The third-order valence-corrected chi connectivity index (χ3v) is 5.42. The number of carbonyl (C=O) groups is 1. The van der Waals surface area contributed by atoms with E-state index in [9.17, 15) is 4.79 Å². The Balaban J connectivity index is 2.03. The lowest BCUT2D eigenvalue weighted by Crippen LogP contribution is -2.50. The molecule has 1 aliphatic carbocycles. The zero-order chi connectivity index (χ0) is 13.7. The lowest BCUT2D eigenvalue weighted by Gasteiger charge is -2.38. The summed E-state index contributed by atoms with van der Waals surface area (Å²) in [5, 5.41) is 2.09. The maximum Gasteiger partial charge on any atom is 0.153 e. The number of ketones is 1. The summed E-state index contributed by atoms with van der Waals surface area (Å²) < 4.78 is 0. The fourth-order valence-corrected chi connectivity index (χ4v) is 3.92. The number of rotatable bonds is 5. The molecule has 2 nitrogen and oxygen atoms in total. The average molecular weight is 279 g/mol. The predicted molar refractivity (Wildman–Crippen MR) is 81.8 cm³/mol. The Kier molecular flexibility index (Phi) is 5.17. The van der Waals surface area contributed by atoms with Crippen molar-refractivity contribution in [2.45, 2.75) is 56.9 Å². The molecule has 19 heavy (non-hydrogen) atoms. The normalized spacial score (nSPS) is 19.3. The van der Waals surface area contributed by atoms with E-state index in [-0.39, 0.29) is 5.54 Å². The molecule has 1 heterocycles. The van der Waals surface area contributed by atoms with Gasteiger partial charge in [-0.2, -0.15) is 0 Å². The van der Waals surface area contributed by atoms with Gasteiger partial charge in [-0.05, 0) is 44.8 Å². The van der Waals surface area contributed by atoms with Crippen LogP contribution in [0.15, 0.2) is 17.5 Å². The highest BCUT2D eigenvalue weighted by atomic mass is 32.1. The van der Waals surface area contributed by atoms with E-state index in [0.717, 1.165) is 19.3 Å². The minimum Gasteiger partial charge on any atom is -0.298 e. The van der Waals surface area contributed by atoms with Gasteiger partial charge in [0.25, 0.3) is 0 Å². The summed E-state index contributed by atoms with van der Waals surface area (Å²) >= 11 is 1.76. The summed E-state index contributed by atoms with van der Waals surface area (Å²) in [6.45, 7) is 0. The van der Waals surface area contributed by atoms with Gasteiger partial charge in [-0.25, -0.2) is 0 Å². The van der Waals surface area contributed by atoms with Crippen molar-refractivity contribution in [3.05, 3.63) is 22.4 Å². The largest absolute Gasteiger partial charge is 0.298 e. The molecule has 1 saturated carbocycles. The summed E-state index contributed by atoms with van der Waals surface area (Å²) in [4.78, 5) is 16.3. The Bertz CT molecular complexity index is 389. The highest BCUT2D eigenvalue weighted by Crippen LogP contribution is 2.33. The van der Waals surface area contributed by atoms with Gasteiger partial charge in [0.1, 0.15) is 0 Å². The van der Waals surface area contributed by atoms with E-state index >= 15 is 0 Å². The number of thiophene rings is 1. The van der Waals surface area contributed by atoms with Crippen LogP contribution in [0, 0.1) is 0 Å². The first-order valence-corrected chi connectivity index (χ1v) is 8.26. The highest BCUT2D eigenvalue weighted by molar-refractivity contribution is 7.09. The van der Waals surface area contributed by atoms with E-state index in [2.05, 4.69) is 36.5 Å². The van der Waals surface area contributed by atoms with Crippen LogP contribution in [0.5, 0.6) is 0 Å². The summed E-state index contributed by atoms with van der Waals surface area (Å²) in [7, 11) is 4.16. The van der Waals surface area contributed by atoms with Gasteiger partial charge in [-0.3, -0.25) is 9.69 Å². The van der Waals surface area contributed by atoms with Crippen LogP contribution in [0.3, 0.4) is 0 Å². The average Bonchev–Trinajstić information content (AvgIpc) is 2.78. The molecule has 1 fully saturated rings. The number of aryl methyl sites for hydroxylation is 1. The van der Waals surface area contributed by atoms with Gasteiger partial charge in [0, 0.05) is 11.3 Å². The van der Waals surface area contributed by atoms with Crippen molar-refractivity contribution in [2.75, 3.05) is 14.1 Å². The molecule has 1 aliphatic rings. The minimum absolute atomic E-state index is 0.187. The quantitative estimate of drug-likeness (QED) is 0.762. The van der Waals surface area contributed by atoms with Crippen molar-refractivity contribution in [3.63, 3.8) is 0 Å². The molecule has 0 aromatic carbocycles. The fourth-order valence-electron chi connectivity index (χ4n) is 3.21. The van der Waals surface area contributed by atoms with E-state index in [4.69, 9.17) is 0 Å². The zero-order valence-electron chi connectivity index (χ0n) is 12.2. The molecule has 1 aromatic rings. The second kappa shape index (κ2) is 6.67. The van der Waals surface area contributed by atoms with Crippen molar-refractivity contribution in [2.24, 2.45) is 0 Å². The molecule has 3 heteroatoms. The van der Waals surface area contributed by atoms with Gasteiger partial charge in [0.05, 0.1) is 5.54 Å². The number of hydrogen-bond acceptors (Lipinski definition) is 3. The van der Waals surface area contributed by atoms with Crippen LogP contribution in [-0.4, -0.2) is 30.3 Å². The summed E-state index contributed by atoms with van der Waals surface area (Å²) in [5.74, 6) is 0.452. The maximum absolute atomic E-state index is 12.8. The van der Waals surface area contributed by atoms with Crippen molar-refractivity contribution in [1.29, 1.82) is 0 Å². The van der Waals surface area contributed by atoms with Crippen LogP contribution in [0.2, 0.25) is 0 Å². The van der Waals surface area contributed by atoms with E-state index in [1.54, 1.807) is 11.3 Å². The van der Waals surface area contributed by atoms with Crippen molar-refractivity contribution < 1.29 is 4.79 Å². The van der Waals surface area contributed by atoms with Crippen LogP contribution < -0.4 is 0 Å². The molecule has 0 amide bonds. The fraction of sp³-hybridized carbons (Fsp3) is 0.688. The lowest BCUT2D eigenvalue weighted by atomic mass is 9.82. The monoisotopic (exact) mass is 279 g/mol. The summed E-state index contributed by atoms with van der Waals surface area (Å²) in [6.07, 6.45) is 8.66. The Morgan fingerprint density at radius 1 is 1.26 bits per heavy atom. The van der Waals surface area contributed by atoms with Gasteiger partial charge in [0.2, 0.25) is 0 Å². The maximum atomic E-state index is 12.8. The number of likely N-dealkylation sites (N-methyl/N-ethyl adjacent to an activating group) is 1. The molecule has 106 valence electrons. The first-order chi connectivity index (χ1) is 9.15. The van der Waals surface area contributed by atoms with Crippen LogP contribution in [0.1, 0.15) is 49.8 Å². The van der Waals surface area contributed by atoms with E-state index in [1.807, 2.05) is 0 Å². The van der Waals surface area contributed by atoms with E-state index in [0.29, 0.717) is 12.2 Å². The van der Waals surface area contributed by atoms with Gasteiger partial charge in [-0.1, -0.05) is 31.7 Å². The molecular formula is C16H25NOS. The third-order valence-electron chi connectivity index (χ3n) is 4.48. The molecular weight excluding hydrogens is 254 g/mol. The minimum atomic E-state index is -0.187. The van der Waals surface area contributed by atoms with Gasteiger partial charge < -0.3 is 0 Å². The van der Waals surface area contributed by atoms with Crippen LogP contribution in [0.25, 0.3) is 0 Å². The van der Waals surface area contributed by atoms with Gasteiger partial charge in [-0.15, -0.1) is 11.3 Å². The van der Waals surface area contributed by atoms with Crippen LogP contribution in [0.4, 0.5) is 0 Å². The van der Waals surface area contributed by atoms with Crippen molar-refractivity contribution in [1.82, 2.24) is 4.90 Å². The molecule has 0 bridgehead atoms. The zero-order valence-corrected chi connectivity index (χ0v) is 13.0. The van der Waals surface area contributed by atoms with E-state index < -0.39 is 0 Å². The molecule has 0 aliphatic heterocycles. The second-order valence-electron chi connectivity index (χ2n) is 5.84. The third kappa shape index (κ3) is 3.46. The molecule has 0 spiro atoms. The Morgan fingerprint density at radius 3 is 2.47 bits per heavy atom. The van der Waals surface area contributed by atoms with Gasteiger partial charge in [0.15, 0.2) is 5.78 Å². The SMILES string of the molecule is CN(C)C1(C(=O)CCc2cccs2)CCCCCC1. The molecule has 2 rings (SSSR count). The standard InChI is InChI=1S/C16H25NOS/c1-17(2)16(11-5-3-4-6-12-16)15(18)10-9-14-8-7-13-19-14/h7-8,13H,3-6,9-12H2,1-2H3. The van der Waals surface area contributed by atoms with E-state index in [1.165, 1.54) is 30.6 Å². The van der Waals surface area contributed by atoms with Crippen LogP contribution in [-0.2, 0) is 11.2 Å². The molecule has 0 atom stereocenters. The Hall–Kier alpha value is -0.670. The number of nitrogens with zero attached hydrogens (tertiary/aromatic N) is 1. The molecule has 1 aromatic heterocycles. The Morgan fingerprint density at radius 2 is 1.95 bits per heavy atom. The molecule has 0 saturated heterocycles. The number of Topliss-reactive ketones (excluding diaryl/α,β-unsaturated/α-hetero) is 1. The molecule has 0 N–H and O–H groups in total. The predicted octanol–water partition coefficient (Wildman–Crippen LogP) is 3.90. The second-order valence-corrected chi connectivity index (χ2v) is 6.88. The lowest BCUT2D eigenvalue weighted by molar-refractivity contribution is -0.130. The summed E-state index contributed by atoms with van der Waals surface area (Å²) in [5.41, 5.74) is -0.187. The highest BCUT2D eigenvalue weighted by Gasteiger charge is 2.39. The number of hydrogen-bond donors (Lipinski definition) is 0. The first kappa shape index (κ1) is 14.7. The molecule has 0 unspecified atom stereocenters. The first-order valence-electron chi connectivity index (χ1n) is 7.38. The van der Waals surface area contributed by atoms with Crippen LogP contribution >= 0.6 is 11.3 Å². The van der Waals surface area contributed by atoms with Crippen molar-refractivity contribution in [3.8, 4) is 0 Å². The van der Waals surface area contributed by atoms with Gasteiger partial charge >= 0.3 is 0 Å². The van der Waals surface area contributed by atoms with Crippen molar-refractivity contribution >= 4 is 17.1 Å². The summed E-state index contributed by atoms with van der Waals surface area (Å²) in [6, 6.07) is 4.20. The number of carbonyl (C=O) groups excluding carboxylic acids is 1. The smallest absolute Gasteiger partial charge is 0.153 e.